The van der Waals surface area contributed by atoms with Crippen LogP contribution in [0.4, 0.5) is 0 Å². The molecular formula is C10H17NO5S. The van der Waals surface area contributed by atoms with Gasteiger partial charge in [-0.05, 0) is 13.3 Å². The Labute approximate surface area is 101 Å². The van der Waals surface area contributed by atoms with Crippen molar-refractivity contribution >= 4 is 15.8 Å². The summed E-state index contributed by atoms with van der Waals surface area (Å²) in [5.74, 6) is -1.49. The molecule has 0 N–H and O–H groups in total. The van der Waals surface area contributed by atoms with E-state index in [0.29, 0.717) is 6.61 Å². The van der Waals surface area contributed by atoms with Crippen LogP contribution in [0.15, 0.2) is 0 Å². The number of esters is 1. The highest BCUT2D eigenvalue weighted by molar-refractivity contribution is 7.92. The average molecular weight is 263 g/mol. The summed E-state index contributed by atoms with van der Waals surface area (Å²) in [6.45, 7) is 4.11. The molecule has 0 radical (unpaired) electrons. The fourth-order valence-corrected chi connectivity index (χ4v) is 2.45. The fraction of sp³-hybridized carbons (Fsp3) is 0.800. The van der Waals surface area contributed by atoms with Crippen molar-refractivity contribution < 1.29 is 22.7 Å². The highest BCUT2D eigenvalue weighted by Gasteiger charge is 2.31. The molecule has 98 valence electrons. The molecule has 0 aliphatic heterocycles. The number of carbonyl (C=O) groups excluding carboxylic acids is 1. The molecule has 0 bridgehead atoms. The molecule has 0 fully saturated rings. The van der Waals surface area contributed by atoms with E-state index in [4.69, 9.17) is 14.7 Å². The smallest absolute Gasteiger partial charge is 0.324 e. The Bertz CT molecular complexity index is 371. The molecule has 0 saturated carbocycles. The van der Waals surface area contributed by atoms with Crippen LogP contribution in [0, 0.1) is 11.3 Å². The van der Waals surface area contributed by atoms with Crippen molar-refractivity contribution in [1.29, 1.82) is 5.26 Å². The Morgan fingerprint density at radius 1 is 1.35 bits per heavy atom. The molecule has 0 amide bonds. The second-order valence-electron chi connectivity index (χ2n) is 3.23. The van der Waals surface area contributed by atoms with Crippen LogP contribution in [-0.2, 0) is 24.1 Å². The van der Waals surface area contributed by atoms with Crippen LogP contribution >= 0.6 is 0 Å². The Morgan fingerprint density at radius 3 is 2.47 bits per heavy atom. The van der Waals surface area contributed by atoms with Gasteiger partial charge in [-0.3, -0.25) is 4.79 Å². The maximum atomic E-state index is 11.5. The Balaban J connectivity index is 4.37. The van der Waals surface area contributed by atoms with Crippen molar-refractivity contribution in [2.75, 3.05) is 25.6 Å². The number of ether oxygens (including phenoxy) is 2. The highest BCUT2D eigenvalue weighted by Crippen LogP contribution is 2.09. The summed E-state index contributed by atoms with van der Waals surface area (Å²) in [5.41, 5.74) is 0. The number of carbonyl (C=O) groups is 1. The van der Waals surface area contributed by atoms with Gasteiger partial charge < -0.3 is 9.47 Å². The first kappa shape index (κ1) is 15.9. The second-order valence-corrected chi connectivity index (χ2v) is 5.41. The van der Waals surface area contributed by atoms with Gasteiger partial charge in [0.2, 0.25) is 0 Å². The third kappa shape index (κ3) is 5.65. The molecule has 0 saturated heterocycles. The van der Waals surface area contributed by atoms with Crippen molar-refractivity contribution in [3.63, 3.8) is 0 Å². The maximum Gasteiger partial charge on any atom is 0.324 e. The van der Waals surface area contributed by atoms with E-state index in [1.807, 2.05) is 0 Å². The standard InChI is InChI=1S/C10H17NO5S/c1-3-9(17(13,14)8-5-11)10(12)16-7-6-15-4-2/h9H,3-4,6-8H2,1-2H3. The first-order valence-electron chi connectivity index (χ1n) is 5.32. The van der Waals surface area contributed by atoms with Gasteiger partial charge in [-0.15, -0.1) is 0 Å². The van der Waals surface area contributed by atoms with Gasteiger partial charge in [0, 0.05) is 6.61 Å². The number of nitrogens with zero attached hydrogens (tertiary/aromatic N) is 1. The van der Waals surface area contributed by atoms with Gasteiger partial charge in [0.15, 0.2) is 15.1 Å². The Hall–Kier alpha value is -1.13. The van der Waals surface area contributed by atoms with Gasteiger partial charge in [0.05, 0.1) is 12.7 Å². The van der Waals surface area contributed by atoms with Gasteiger partial charge in [0.1, 0.15) is 12.4 Å². The predicted molar refractivity (Wildman–Crippen MR) is 60.9 cm³/mol. The number of hydrogen-bond acceptors (Lipinski definition) is 6. The second kappa shape index (κ2) is 8.03. The molecule has 0 aromatic heterocycles. The van der Waals surface area contributed by atoms with Gasteiger partial charge in [0.25, 0.3) is 0 Å². The van der Waals surface area contributed by atoms with Gasteiger partial charge in [-0.1, -0.05) is 6.92 Å². The molecular weight excluding hydrogens is 246 g/mol. The number of hydrogen-bond donors (Lipinski definition) is 0. The van der Waals surface area contributed by atoms with Crippen molar-refractivity contribution in [1.82, 2.24) is 0 Å². The molecule has 1 atom stereocenters. The summed E-state index contributed by atoms with van der Waals surface area (Å²) >= 11 is 0. The molecule has 1 unspecified atom stereocenters. The van der Waals surface area contributed by atoms with Crippen LogP contribution in [0.2, 0.25) is 0 Å². The number of nitriles is 1. The summed E-state index contributed by atoms with van der Waals surface area (Å²) in [5, 5.41) is 7.11. The molecule has 0 aliphatic rings. The summed E-state index contributed by atoms with van der Waals surface area (Å²) in [6, 6.07) is 1.53. The van der Waals surface area contributed by atoms with Crippen LogP contribution in [0.3, 0.4) is 0 Å². The molecule has 17 heavy (non-hydrogen) atoms. The van der Waals surface area contributed by atoms with Crippen molar-refractivity contribution in [3.05, 3.63) is 0 Å². The van der Waals surface area contributed by atoms with E-state index in [-0.39, 0.29) is 19.6 Å². The Kier molecular flexibility index (Phi) is 7.50. The predicted octanol–water partition coefficient (Wildman–Crippen LogP) is 0.283. The lowest BCUT2D eigenvalue weighted by Gasteiger charge is -2.13. The van der Waals surface area contributed by atoms with Crippen LogP contribution in [0.25, 0.3) is 0 Å². The minimum Gasteiger partial charge on any atom is -0.462 e. The van der Waals surface area contributed by atoms with Gasteiger partial charge >= 0.3 is 5.97 Å². The van der Waals surface area contributed by atoms with Crippen molar-refractivity contribution in [3.8, 4) is 6.07 Å². The van der Waals surface area contributed by atoms with E-state index in [0.717, 1.165) is 0 Å². The normalized spacial score (nSPS) is 12.8. The van der Waals surface area contributed by atoms with Crippen LogP contribution in [0.5, 0.6) is 0 Å². The largest absolute Gasteiger partial charge is 0.462 e. The first-order valence-corrected chi connectivity index (χ1v) is 7.04. The van der Waals surface area contributed by atoms with Gasteiger partial charge in [-0.25, -0.2) is 8.42 Å². The lowest BCUT2D eigenvalue weighted by atomic mass is 10.3. The molecule has 0 aromatic rings. The molecule has 0 aromatic carbocycles. The zero-order valence-corrected chi connectivity index (χ0v) is 10.8. The van der Waals surface area contributed by atoms with Crippen LogP contribution < -0.4 is 0 Å². The van der Waals surface area contributed by atoms with E-state index in [1.165, 1.54) is 6.07 Å². The van der Waals surface area contributed by atoms with Crippen LogP contribution in [-0.4, -0.2) is 45.2 Å². The summed E-state index contributed by atoms with van der Waals surface area (Å²) < 4.78 is 32.8. The fourth-order valence-electron chi connectivity index (χ4n) is 1.20. The number of sulfone groups is 1. The minimum atomic E-state index is -3.74. The summed E-state index contributed by atoms with van der Waals surface area (Å²) in [4.78, 5) is 11.5. The topological polar surface area (TPSA) is 93.5 Å². The summed E-state index contributed by atoms with van der Waals surface area (Å²) in [7, 11) is -3.74. The lowest BCUT2D eigenvalue weighted by molar-refractivity contribution is -0.144. The molecule has 0 spiro atoms. The lowest BCUT2D eigenvalue weighted by Crippen LogP contribution is -2.33. The van der Waals surface area contributed by atoms with E-state index in [9.17, 15) is 13.2 Å². The highest BCUT2D eigenvalue weighted by atomic mass is 32.2. The van der Waals surface area contributed by atoms with Crippen LogP contribution in [0.1, 0.15) is 20.3 Å². The maximum absolute atomic E-state index is 11.5. The van der Waals surface area contributed by atoms with E-state index in [1.54, 1.807) is 13.8 Å². The van der Waals surface area contributed by atoms with E-state index in [2.05, 4.69) is 0 Å². The quantitative estimate of drug-likeness (QED) is 0.461. The molecule has 0 aliphatic carbocycles. The Morgan fingerprint density at radius 2 is 2.00 bits per heavy atom. The first-order chi connectivity index (χ1) is 7.99. The zero-order valence-electron chi connectivity index (χ0n) is 10.0. The SMILES string of the molecule is CCOCCOC(=O)C(CC)S(=O)(=O)CC#N. The molecule has 7 heteroatoms. The third-order valence-corrected chi connectivity index (χ3v) is 3.93. The molecule has 0 rings (SSSR count). The van der Waals surface area contributed by atoms with E-state index >= 15 is 0 Å². The molecule has 0 heterocycles. The summed E-state index contributed by atoms with van der Waals surface area (Å²) in [6.07, 6.45) is 0.0947. The van der Waals surface area contributed by atoms with Crippen molar-refractivity contribution in [2.24, 2.45) is 0 Å². The minimum absolute atomic E-state index is 0.0191. The monoisotopic (exact) mass is 263 g/mol. The molecule has 6 nitrogen and oxygen atoms in total. The third-order valence-electron chi connectivity index (χ3n) is 2.01. The number of rotatable bonds is 8. The van der Waals surface area contributed by atoms with E-state index < -0.39 is 26.8 Å². The van der Waals surface area contributed by atoms with Crippen molar-refractivity contribution in [2.45, 2.75) is 25.5 Å². The van der Waals surface area contributed by atoms with Gasteiger partial charge in [-0.2, -0.15) is 5.26 Å². The average Bonchev–Trinajstić information content (AvgIpc) is 2.24. The zero-order chi connectivity index (χ0) is 13.3.